The third-order valence-corrected chi connectivity index (χ3v) is 3.59. The second-order valence-corrected chi connectivity index (χ2v) is 4.96. The maximum absolute atomic E-state index is 13.3. The molecule has 1 aliphatic heterocycles. The molecule has 2 amide bonds. The van der Waals surface area contributed by atoms with Crippen molar-refractivity contribution in [3.05, 3.63) is 29.6 Å². The topological polar surface area (TPSA) is 66.5 Å². The highest BCUT2D eigenvalue weighted by molar-refractivity contribution is 6.52. The van der Waals surface area contributed by atoms with Crippen LogP contribution in [-0.2, 0) is 9.59 Å². The monoisotopic (exact) mass is 292 g/mol. The van der Waals surface area contributed by atoms with Gasteiger partial charge in [-0.05, 0) is 31.0 Å². The van der Waals surface area contributed by atoms with Gasteiger partial charge in [-0.15, -0.1) is 0 Å². The lowest BCUT2D eigenvalue weighted by Crippen LogP contribution is -2.43. The summed E-state index contributed by atoms with van der Waals surface area (Å²) in [5, 5.41) is 2.79. The Kier molecular flexibility index (Phi) is 4.35. The average Bonchev–Trinajstić information content (AvgIpc) is 2.69. The van der Waals surface area contributed by atoms with E-state index < -0.39 is 17.5 Å². The minimum Gasteiger partial charge on any atom is -0.352 e. The van der Waals surface area contributed by atoms with Gasteiger partial charge in [-0.2, -0.15) is 0 Å². The number of carbonyl (C=O) groups is 3. The van der Waals surface area contributed by atoms with E-state index in [-0.39, 0.29) is 29.7 Å². The van der Waals surface area contributed by atoms with Crippen LogP contribution in [0.15, 0.2) is 18.2 Å². The molecule has 0 bridgehead atoms. The first kappa shape index (κ1) is 15.2. The van der Waals surface area contributed by atoms with Gasteiger partial charge in [-0.1, -0.05) is 13.8 Å². The summed E-state index contributed by atoms with van der Waals surface area (Å²) in [6.07, 6.45) is 1.56. The fourth-order valence-corrected chi connectivity index (χ4v) is 2.33. The van der Waals surface area contributed by atoms with E-state index in [1.807, 2.05) is 13.8 Å². The normalized spacial score (nSPS) is 13.8. The predicted molar refractivity (Wildman–Crippen MR) is 75.6 cm³/mol. The van der Waals surface area contributed by atoms with Crippen molar-refractivity contribution in [2.45, 2.75) is 32.7 Å². The van der Waals surface area contributed by atoms with Gasteiger partial charge in [0.1, 0.15) is 12.4 Å². The van der Waals surface area contributed by atoms with Crippen molar-refractivity contribution in [2.75, 3.05) is 11.4 Å². The van der Waals surface area contributed by atoms with Crippen LogP contribution in [0.25, 0.3) is 0 Å². The lowest BCUT2D eigenvalue weighted by Gasteiger charge is -2.19. The van der Waals surface area contributed by atoms with Crippen LogP contribution in [0.5, 0.6) is 0 Å². The molecule has 21 heavy (non-hydrogen) atoms. The molecule has 1 aromatic carbocycles. The molecule has 0 aliphatic carbocycles. The number of hydrogen-bond acceptors (Lipinski definition) is 3. The van der Waals surface area contributed by atoms with Crippen LogP contribution in [0, 0.1) is 5.82 Å². The Balaban J connectivity index is 2.18. The number of ketones is 1. The van der Waals surface area contributed by atoms with Gasteiger partial charge in [0.2, 0.25) is 5.91 Å². The highest BCUT2D eigenvalue weighted by atomic mass is 19.1. The molecule has 0 saturated heterocycles. The molecule has 0 atom stereocenters. The molecule has 0 aromatic heterocycles. The van der Waals surface area contributed by atoms with Gasteiger partial charge < -0.3 is 5.32 Å². The minimum atomic E-state index is -0.796. The number of nitrogens with one attached hydrogen (secondary N) is 1. The predicted octanol–water partition coefficient (Wildman–Crippen LogP) is 1.66. The summed E-state index contributed by atoms with van der Waals surface area (Å²) < 4.78 is 13.3. The Morgan fingerprint density at radius 1 is 1.29 bits per heavy atom. The molecule has 1 aromatic rings. The summed E-state index contributed by atoms with van der Waals surface area (Å²) in [4.78, 5) is 36.7. The Bertz CT molecular complexity index is 597. The zero-order valence-corrected chi connectivity index (χ0v) is 12.0. The van der Waals surface area contributed by atoms with Crippen LogP contribution >= 0.6 is 0 Å². The number of benzene rings is 1. The summed E-state index contributed by atoms with van der Waals surface area (Å²) in [5.74, 6) is -2.42. The van der Waals surface area contributed by atoms with Gasteiger partial charge in [0.05, 0.1) is 11.3 Å². The molecule has 112 valence electrons. The fraction of sp³-hybridized carbons (Fsp3) is 0.400. The molecule has 6 heteroatoms. The second-order valence-electron chi connectivity index (χ2n) is 4.96. The zero-order valence-electron chi connectivity index (χ0n) is 12.0. The highest BCUT2D eigenvalue weighted by Crippen LogP contribution is 2.29. The van der Waals surface area contributed by atoms with Gasteiger partial charge >= 0.3 is 0 Å². The number of rotatable bonds is 5. The number of nitrogens with zero attached hydrogens (tertiary/aromatic N) is 1. The van der Waals surface area contributed by atoms with Gasteiger partial charge in [0.15, 0.2) is 0 Å². The molecule has 0 radical (unpaired) electrons. The number of amides is 2. The zero-order chi connectivity index (χ0) is 15.6. The quantitative estimate of drug-likeness (QED) is 0.839. The van der Waals surface area contributed by atoms with Crippen molar-refractivity contribution in [2.24, 2.45) is 0 Å². The second kappa shape index (κ2) is 6.03. The third kappa shape index (κ3) is 2.94. The molecule has 1 N–H and O–H groups in total. The third-order valence-electron chi connectivity index (χ3n) is 3.59. The van der Waals surface area contributed by atoms with E-state index in [0.29, 0.717) is 0 Å². The first-order valence-corrected chi connectivity index (χ1v) is 6.93. The number of halogens is 1. The van der Waals surface area contributed by atoms with Crippen LogP contribution in [-0.4, -0.2) is 30.2 Å². The number of carbonyl (C=O) groups excluding carboxylic acids is 3. The highest BCUT2D eigenvalue weighted by Gasteiger charge is 2.37. The Labute approximate surface area is 122 Å². The average molecular weight is 292 g/mol. The molecular formula is C15H17FN2O3. The number of fused-ring (bicyclic) bond motifs is 1. The standard InChI is InChI=1S/C15H17FN2O3/c1-3-10(4-2)17-13(19)8-18-12-7-9(16)5-6-11(12)14(20)15(18)21/h5-7,10H,3-4,8H2,1-2H3,(H,17,19). The summed E-state index contributed by atoms with van der Waals surface area (Å²) in [6.45, 7) is 3.62. The SMILES string of the molecule is CCC(CC)NC(=O)CN1C(=O)C(=O)c2ccc(F)cc21. The first-order valence-electron chi connectivity index (χ1n) is 6.93. The fourth-order valence-electron chi connectivity index (χ4n) is 2.33. The van der Waals surface area contributed by atoms with Crippen molar-refractivity contribution >= 4 is 23.3 Å². The van der Waals surface area contributed by atoms with Crippen LogP contribution in [0.4, 0.5) is 10.1 Å². The van der Waals surface area contributed by atoms with Crippen molar-refractivity contribution in [3.8, 4) is 0 Å². The lowest BCUT2D eigenvalue weighted by molar-refractivity contribution is -0.122. The Hall–Kier alpha value is -2.24. The van der Waals surface area contributed by atoms with Gasteiger partial charge in [0.25, 0.3) is 11.7 Å². The van der Waals surface area contributed by atoms with E-state index in [4.69, 9.17) is 0 Å². The summed E-state index contributed by atoms with van der Waals surface area (Å²) in [7, 11) is 0. The van der Waals surface area contributed by atoms with E-state index >= 15 is 0 Å². The minimum absolute atomic E-state index is 0.0258. The number of anilines is 1. The van der Waals surface area contributed by atoms with E-state index in [0.717, 1.165) is 29.9 Å². The van der Waals surface area contributed by atoms with E-state index in [9.17, 15) is 18.8 Å². The lowest BCUT2D eigenvalue weighted by atomic mass is 10.1. The van der Waals surface area contributed by atoms with E-state index in [1.165, 1.54) is 6.07 Å². The molecule has 0 saturated carbocycles. The van der Waals surface area contributed by atoms with Crippen molar-refractivity contribution < 1.29 is 18.8 Å². The molecule has 2 rings (SSSR count). The molecule has 0 fully saturated rings. The van der Waals surface area contributed by atoms with Gasteiger partial charge in [-0.25, -0.2) is 4.39 Å². The summed E-state index contributed by atoms with van der Waals surface area (Å²) in [5.41, 5.74) is 0.293. The van der Waals surface area contributed by atoms with Crippen LogP contribution in [0.3, 0.4) is 0 Å². The smallest absolute Gasteiger partial charge is 0.299 e. The van der Waals surface area contributed by atoms with Crippen LogP contribution < -0.4 is 10.2 Å². The van der Waals surface area contributed by atoms with Gasteiger partial charge in [-0.3, -0.25) is 19.3 Å². The molecule has 1 heterocycles. The van der Waals surface area contributed by atoms with Crippen LogP contribution in [0.1, 0.15) is 37.0 Å². The van der Waals surface area contributed by atoms with Crippen LogP contribution in [0.2, 0.25) is 0 Å². The number of Topliss-reactive ketones (excluding diaryl/α,β-unsaturated/α-hetero) is 1. The molecule has 0 spiro atoms. The van der Waals surface area contributed by atoms with Crippen molar-refractivity contribution in [3.63, 3.8) is 0 Å². The van der Waals surface area contributed by atoms with Gasteiger partial charge in [0, 0.05) is 6.04 Å². The van der Waals surface area contributed by atoms with Crippen molar-refractivity contribution in [1.82, 2.24) is 5.32 Å². The largest absolute Gasteiger partial charge is 0.352 e. The Morgan fingerprint density at radius 3 is 2.57 bits per heavy atom. The molecule has 1 aliphatic rings. The molecule has 5 nitrogen and oxygen atoms in total. The van der Waals surface area contributed by atoms with E-state index in [1.54, 1.807) is 0 Å². The molecule has 0 unspecified atom stereocenters. The molecular weight excluding hydrogens is 275 g/mol. The van der Waals surface area contributed by atoms with E-state index in [2.05, 4.69) is 5.32 Å². The summed E-state index contributed by atoms with van der Waals surface area (Å²) >= 11 is 0. The Morgan fingerprint density at radius 2 is 1.95 bits per heavy atom. The number of hydrogen-bond donors (Lipinski definition) is 1. The summed E-state index contributed by atoms with van der Waals surface area (Å²) in [6, 6.07) is 3.52. The maximum Gasteiger partial charge on any atom is 0.299 e. The maximum atomic E-state index is 13.3. The van der Waals surface area contributed by atoms with Crippen molar-refractivity contribution in [1.29, 1.82) is 0 Å². The first-order chi connectivity index (χ1) is 9.97.